The molecule has 0 saturated carbocycles. The van der Waals surface area contributed by atoms with E-state index in [0.717, 1.165) is 13.8 Å². The molecule has 2 rings (SSSR count). The van der Waals surface area contributed by atoms with Crippen molar-refractivity contribution in [3.05, 3.63) is 43.4 Å². The van der Waals surface area contributed by atoms with Crippen LogP contribution >= 0.6 is 59.1 Å². The molecule has 5 heteroatoms. The van der Waals surface area contributed by atoms with E-state index in [2.05, 4.69) is 53.9 Å². The number of hydrogen-bond donors (Lipinski definition) is 0. The van der Waals surface area contributed by atoms with E-state index < -0.39 is 0 Å². The first-order valence-electron chi connectivity index (χ1n) is 3.79. The topological polar surface area (TPSA) is 13.1 Å². The smallest absolute Gasteiger partial charge is 0.0949 e. The Hall–Kier alpha value is 0.420. The van der Waals surface area contributed by atoms with Gasteiger partial charge in [0.2, 0.25) is 0 Å². The standard InChI is InChI=1S/C9H5Br3OS/c10-6-3-7(14-9(6)12)8(11)5-1-2-13-4-5/h1-4,8H. The van der Waals surface area contributed by atoms with E-state index in [1.165, 1.54) is 4.88 Å². The van der Waals surface area contributed by atoms with Crippen molar-refractivity contribution < 1.29 is 4.42 Å². The average Bonchev–Trinajstić information content (AvgIpc) is 2.76. The largest absolute Gasteiger partial charge is 0.472 e. The van der Waals surface area contributed by atoms with Crippen LogP contribution in [0.1, 0.15) is 15.3 Å². The first-order chi connectivity index (χ1) is 6.68. The second kappa shape index (κ2) is 4.51. The quantitative estimate of drug-likeness (QED) is 0.619. The highest BCUT2D eigenvalue weighted by molar-refractivity contribution is 9.13. The maximum absolute atomic E-state index is 5.05. The van der Waals surface area contributed by atoms with Crippen LogP contribution in [0.2, 0.25) is 0 Å². The Morgan fingerprint density at radius 1 is 1.36 bits per heavy atom. The number of halogens is 3. The summed E-state index contributed by atoms with van der Waals surface area (Å²) in [5.41, 5.74) is 1.13. The number of rotatable bonds is 2. The molecule has 1 unspecified atom stereocenters. The molecule has 0 aliphatic heterocycles. The molecule has 2 aromatic heterocycles. The molecule has 0 N–H and O–H groups in total. The van der Waals surface area contributed by atoms with Gasteiger partial charge in [-0.25, -0.2) is 0 Å². The van der Waals surface area contributed by atoms with Crippen molar-refractivity contribution in [2.45, 2.75) is 4.83 Å². The fraction of sp³-hybridized carbons (Fsp3) is 0.111. The predicted molar refractivity (Wildman–Crippen MR) is 69.2 cm³/mol. The van der Waals surface area contributed by atoms with Crippen molar-refractivity contribution in [1.29, 1.82) is 0 Å². The summed E-state index contributed by atoms with van der Waals surface area (Å²) in [5, 5.41) is 0. The molecule has 0 saturated heterocycles. The van der Waals surface area contributed by atoms with E-state index in [9.17, 15) is 0 Å². The molecule has 0 aromatic carbocycles. The van der Waals surface area contributed by atoms with Crippen molar-refractivity contribution >= 4 is 59.1 Å². The molecular formula is C9H5Br3OS. The summed E-state index contributed by atoms with van der Waals surface area (Å²) in [4.78, 5) is 1.44. The first-order valence-corrected chi connectivity index (χ1v) is 7.11. The Morgan fingerprint density at radius 2 is 2.14 bits per heavy atom. The van der Waals surface area contributed by atoms with Gasteiger partial charge in [0.05, 0.1) is 21.1 Å². The van der Waals surface area contributed by atoms with Crippen molar-refractivity contribution in [3.63, 3.8) is 0 Å². The number of furan rings is 1. The second-order valence-corrected chi connectivity index (χ2v) is 6.86. The summed E-state index contributed by atoms with van der Waals surface area (Å²) < 4.78 is 7.25. The first kappa shape index (κ1) is 10.9. The third kappa shape index (κ3) is 2.15. The second-order valence-electron chi connectivity index (χ2n) is 2.69. The highest BCUT2D eigenvalue weighted by Crippen LogP contribution is 2.41. The highest BCUT2D eigenvalue weighted by Gasteiger charge is 2.15. The van der Waals surface area contributed by atoms with Crippen LogP contribution in [0.3, 0.4) is 0 Å². The van der Waals surface area contributed by atoms with E-state index in [0.29, 0.717) is 0 Å². The van der Waals surface area contributed by atoms with E-state index in [1.807, 2.05) is 6.07 Å². The molecule has 0 bridgehead atoms. The molecule has 0 fully saturated rings. The monoisotopic (exact) mass is 398 g/mol. The Labute approximate surface area is 111 Å². The molecule has 2 heterocycles. The van der Waals surface area contributed by atoms with Gasteiger partial charge in [-0.3, -0.25) is 0 Å². The van der Waals surface area contributed by atoms with E-state index in [-0.39, 0.29) is 4.83 Å². The number of thiophene rings is 1. The Morgan fingerprint density at radius 3 is 2.64 bits per heavy atom. The van der Waals surface area contributed by atoms with Gasteiger partial charge in [0.1, 0.15) is 0 Å². The van der Waals surface area contributed by atoms with Crippen LogP contribution < -0.4 is 0 Å². The minimum Gasteiger partial charge on any atom is -0.472 e. The molecular weight excluding hydrogens is 396 g/mol. The zero-order valence-electron chi connectivity index (χ0n) is 6.84. The average molecular weight is 401 g/mol. The van der Waals surface area contributed by atoms with Gasteiger partial charge in [-0.05, 0) is 44.0 Å². The third-order valence-corrected chi connectivity index (χ3v) is 6.40. The van der Waals surface area contributed by atoms with Crippen LogP contribution in [0, 0.1) is 0 Å². The minimum atomic E-state index is 0.203. The Bertz CT molecular complexity index is 402. The maximum Gasteiger partial charge on any atom is 0.0949 e. The minimum absolute atomic E-state index is 0.203. The van der Waals surface area contributed by atoms with Crippen LogP contribution in [-0.4, -0.2) is 0 Å². The van der Waals surface area contributed by atoms with Gasteiger partial charge in [0, 0.05) is 14.9 Å². The van der Waals surface area contributed by atoms with Crippen molar-refractivity contribution in [1.82, 2.24) is 0 Å². The summed E-state index contributed by atoms with van der Waals surface area (Å²) >= 11 is 12.3. The molecule has 0 amide bonds. The lowest BCUT2D eigenvalue weighted by molar-refractivity contribution is 0.564. The lowest BCUT2D eigenvalue weighted by Crippen LogP contribution is -1.84. The lowest BCUT2D eigenvalue weighted by Gasteiger charge is -2.02. The molecule has 2 aromatic rings. The molecule has 1 atom stereocenters. The van der Waals surface area contributed by atoms with Gasteiger partial charge in [0.25, 0.3) is 0 Å². The third-order valence-electron chi connectivity index (χ3n) is 1.75. The Kier molecular flexibility index (Phi) is 3.52. The predicted octanol–water partition coefficient (Wildman–Crippen LogP) is 5.35. The van der Waals surface area contributed by atoms with Crippen LogP contribution in [0.5, 0.6) is 0 Å². The van der Waals surface area contributed by atoms with Gasteiger partial charge in [-0.2, -0.15) is 0 Å². The zero-order valence-corrected chi connectivity index (χ0v) is 12.4. The summed E-state index contributed by atoms with van der Waals surface area (Å²) in [7, 11) is 0. The summed E-state index contributed by atoms with van der Waals surface area (Å²) in [5.74, 6) is 0. The van der Waals surface area contributed by atoms with Crippen molar-refractivity contribution in [2.24, 2.45) is 0 Å². The molecule has 14 heavy (non-hydrogen) atoms. The summed E-state index contributed by atoms with van der Waals surface area (Å²) in [6, 6.07) is 4.06. The fourth-order valence-electron chi connectivity index (χ4n) is 1.07. The maximum atomic E-state index is 5.05. The van der Waals surface area contributed by atoms with E-state index in [4.69, 9.17) is 4.42 Å². The lowest BCUT2D eigenvalue weighted by atomic mass is 10.2. The van der Waals surface area contributed by atoms with E-state index in [1.54, 1.807) is 23.9 Å². The molecule has 0 aliphatic carbocycles. The SMILES string of the molecule is Brc1cc(C(Br)c2ccoc2)sc1Br. The van der Waals surface area contributed by atoms with Crippen LogP contribution in [0.4, 0.5) is 0 Å². The Balaban J connectivity index is 2.32. The van der Waals surface area contributed by atoms with Crippen molar-refractivity contribution in [2.75, 3.05) is 0 Å². The molecule has 0 aliphatic rings. The van der Waals surface area contributed by atoms with E-state index >= 15 is 0 Å². The van der Waals surface area contributed by atoms with Gasteiger partial charge < -0.3 is 4.42 Å². The van der Waals surface area contributed by atoms with Crippen LogP contribution in [0.15, 0.2) is 37.3 Å². The fourth-order valence-corrected chi connectivity index (χ4v) is 3.84. The van der Waals surface area contributed by atoms with Crippen LogP contribution in [-0.2, 0) is 0 Å². The number of hydrogen-bond acceptors (Lipinski definition) is 2. The van der Waals surface area contributed by atoms with Gasteiger partial charge in [0.15, 0.2) is 0 Å². The highest BCUT2D eigenvalue weighted by atomic mass is 79.9. The molecule has 0 radical (unpaired) electrons. The van der Waals surface area contributed by atoms with Crippen molar-refractivity contribution in [3.8, 4) is 0 Å². The molecule has 74 valence electrons. The number of alkyl halides is 1. The summed E-state index contributed by atoms with van der Waals surface area (Å²) in [6.45, 7) is 0. The molecule has 1 nitrogen and oxygen atoms in total. The molecule has 0 spiro atoms. The van der Waals surface area contributed by atoms with Gasteiger partial charge >= 0.3 is 0 Å². The van der Waals surface area contributed by atoms with Gasteiger partial charge in [-0.15, -0.1) is 11.3 Å². The van der Waals surface area contributed by atoms with Gasteiger partial charge in [-0.1, -0.05) is 15.9 Å². The normalized spacial score (nSPS) is 13.1. The van der Waals surface area contributed by atoms with Crippen LogP contribution in [0.25, 0.3) is 0 Å². The zero-order chi connectivity index (χ0) is 10.1. The summed E-state index contributed by atoms with van der Waals surface area (Å²) in [6.07, 6.45) is 3.43.